The Morgan fingerprint density at radius 2 is 1.38 bits per heavy atom. The zero-order valence-corrected chi connectivity index (χ0v) is 14.0. The summed E-state index contributed by atoms with van der Waals surface area (Å²) in [6.45, 7) is 5.02. The van der Waals surface area contributed by atoms with Gasteiger partial charge in [-0.3, -0.25) is 0 Å². The Labute approximate surface area is 129 Å². The van der Waals surface area contributed by atoms with Crippen molar-refractivity contribution in [2.75, 3.05) is 0 Å². The standard InChI is InChI=1S/C20H25P/c1-14-10-12-19-15(2)11-13-18(14)21(19)20-9-5-7-16-6-3-4-8-17(16)20/h3-9,14-15,18-19H,10-13H2,1-2H3/t14-,15-,18+,19+/m0/s1. The van der Waals surface area contributed by atoms with E-state index >= 15 is 0 Å². The molecule has 2 aliphatic rings. The average Bonchev–Trinajstić information content (AvgIpc) is 2.52. The molecule has 0 radical (unpaired) electrons. The van der Waals surface area contributed by atoms with Crippen LogP contribution in [0.25, 0.3) is 10.8 Å². The second-order valence-corrected chi connectivity index (χ2v) is 9.77. The molecule has 2 aromatic carbocycles. The third-order valence-corrected chi connectivity index (χ3v) is 9.82. The summed E-state index contributed by atoms with van der Waals surface area (Å²) in [5, 5.41) is 4.67. The van der Waals surface area contributed by atoms with Crippen LogP contribution in [0.1, 0.15) is 39.5 Å². The van der Waals surface area contributed by atoms with Gasteiger partial charge in [0.25, 0.3) is 0 Å². The molecule has 0 amide bonds. The minimum atomic E-state index is 0.0167. The van der Waals surface area contributed by atoms with E-state index in [1.54, 1.807) is 5.30 Å². The molecule has 0 unspecified atom stereocenters. The van der Waals surface area contributed by atoms with Crippen LogP contribution >= 0.6 is 7.92 Å². The topological polar surface area (TPSA) is 0 Å². The van der Waals surface area contributed by atoms with Crippen LogP contribution in [0, 0.1) is 11.8 Å². The molecule has 1 heteroatoms. The summed E-state index contributed by atoms with van der Waals surface area (Å²) in [5.74, 6) is 1.86. The summed E-state index contributed by atoms with van der Waals surface area (Å²) < 4.78 is 0. The summed E-state index contributed by atoms with van der Waals surface area (Å²) in [4.78, 5) is 0. The number of benzene rings is 2. The molecular weight excluding hydrogens is 271 g/mol. The molecule has 2 bridgehead atoms. The molecule has 0 nitrogen and oxygen atoms in total. The Balaban J connectivity index is 1.86. The average molecular weight is 296 g/mol. The van der Waals surface area contributed by atoms with Crippen LogP contribution in [0.3, 0.4) is 0 Å². The van der Waals surface area contributed by atoms with Crippen LogP contribution < -0.4 is 5.30 Å². The van der Waals surface area contributed by atoms with Crippen LogP contribution in [0.5, 0.6) is 0 Å². The first-order valence-electron chi connectivity index (χ1n) is 8.52. The van der Waals surface area contributed by atoms with Crippen molar-refractivity contribution in [3.63, 3.8) is 0 Å². The van der Waals surface area contributed by atoms with Gasteiger partial charge in [-0.15, -0.1) is 0 Å². The Kier molecular flexibility index (Phi) is 3.54. The first-order chi connectivity index (χ1) is 10.3. The lowest BCUT2D eigenvalue weighted by Gasteiger charge is -2.50. The Morgan fingerprint density at radius 1 is 0.762 bits per heavy atom. The van der Waals surface area contributed by atoms with E-state index in [0.29, 0.717) is 0 Å². The molecule has 21 heavy (non-hydrogen) atoms. The third kappa shape index (κ3) is 2.23. The highest BCUT2D eigenvalue weighted by Crippen LogP contribution is 2.62. The van der Waals surface area contributed by atoms with E-state index in [1.807, 2.05) is 0 Å². The van der Waals surface area contributed by atoms with Crippen LogP contribution in [-0.4, -0.2) is 11.3 Å². The smallest absolute Gasteiger partial charge is 0.0107 e. The number of rotatable bonds is 1. The summed E-state index contributed by atoms with van der Waals surface area (Å²) in [5.41, 5.74) is 1.95. The molecule has 2 fully saturated rings. The van der Waals surface area contributed by atoms with E-state index in [1.165, 1.54) is 36.5 Å². The highest BCUT2D eigenvalue weighted by molar-refractivity contribution is 7.67. The molecule has 0 N–H and O–H groups in total. The molecule has 2 heterocycles. The first kappa shape index (κ1) is 13.8. The van der Waals surface area contributed by atoms with E-state index < -0.39 is 0 Å². The van der Waals surface area contributed by atoms with Gasteiger partial charge in [0.15, 0.2) is 0 Å². The highest BCUT2D eigenvalue weighted by Gasteiger charge is 2.43. The van der Waals surface area contributed by atoms with Gasteiger partial charge in [0.2, 0.25) is 0 Å². The van der Waals surface area contributed by atoms with Gasteiger partial charge in [0.1, 0.15) is 0 Å². The SMILES string of the molecule is C[C@H]1CC[C@@H]2[C@@H](C)CC[C@H]1P2c1cccc2ccccc12. The predicted octanol–water partition coefficient (Wildman–Crippen LogP) is 5.54. The third-order valence-electron chi connectivity index (χ3n) is 5.91. The van der Waals surface area contributed by atoms with Crippen LogP contribution in [-0.2, 0) is 0 Å². The van der Waals surface area contributed by atoms with Gasteiger partial charge in [-0.25, -0.2) is 0 Å². The lowest BCUT2D eigenvalue weighted by atomic mass is 9.85. The van der Waals surface area contributed by atoms with Crippen molar-refractivity contribution >= 4 is 24.0 Å². The molecule has 4 rings (SSSR count). The van der Waals surface area contributed by atoms with Crippen molar-refractivity contribution < 1.29 is 0 Å². The Hall–Kier alpha value is -0.870. The van der Waals surface area contributed by atoms with Crippen LogP contribution in [0.4, 0.5) is 0 Å². The largest absolute Gasteiger partial charge is 0.0677 e. The molecule has 110 valence electrons. The van der Waals surface area contributed by atoms with Crippen molar-refractivity contribution in [3.8, 4) is 0 Å². The zero-order chi connectivity index (χ0) is 14.4. The summed E-state index contributed by atoms with van der Waals surface area (Å²) in [7, 11) is 0.0167. The fourth-order valence-corrected chi connectivity index (χ4v) is 8.88. The molecule has 4 atom stereocenters. The number of hydrogen-bond donors (Lipinski definition) is 0. The molecule has 0 saturated carbocycles. The van der Waals surface area contributed by atoms with E-state index in [-0.39, 0.29) is 7.92 Å². The second kappa shape index (κ2) is 5.40. The first-order valence-corrected chi connectivity index (χ1v) is 10.00. The van der Waals surface area contributed by atoms with Gasteiger partial charge in [0.05, 0.1) is 0 Å². The van der Waals surface area contributed by atoms with E-state index in [0.717, 1.165) is 23.2 Å². The van der Waals surface area contributed by atoms with Crippen molar-refractivity contribution in [2.45, 2.75) is 50.8 Å². The van der Waals surface area contributed by atoms with Crippen molar-refractivity contribution in [1.29, 1.82) is 0 Å². The Morgan fingerprint density at radius 3 is 2.10 bits per heavy atom. The fourth-order valence-electron chi connectivity index (χ4n) is 4.68. The molecule has 2 saturated heterocycles. The summed E-state index contributed by atoms with van der Waals surface area (Å²) in [6.07, 6.45) is 5.86. The van der Waals surface area contributed by atoms with Crippen LogP contribution in [0.2, 0.25) is 0 Å². The maximum absolute atomic E-state index is 2.51. The van der Waals surface area contributed by atoms with Crippen molar-refractivity contribution in [2.24, 2.45) is 11.8 Å². The van der Waals surface area contributed by atoms with Gasteiger partial charge < -0.3 is 0 Å². The number of hydrogen-bond acceptors (Lipinski definition) is 0. The maximum atomic E-state index is 2.51. The molecule has 2 aliphatic heterocycles. The lowest BCUT2D eigenvalue weighted by molar-refractivity contribution is 0.327. The monoisotopic (exact) mass is 296 g/mol. The van der Waals surface area contributed by atoms with Crippen molar-refractivity contribution in [1.82, 2.24) is 0 Å². The normalized spacial score (nSPS) is 35.8. The molecule has 0 aromatic heterocycles. The minimum absolute atomic E-state index is 0.0167. The van der Waals surface area contributed by atoms with Crippen LogP contribution in [0.15, 0.2) is 42.5 Å². The number of fused-ring (bicyclic) bond motifs is 3. The van der Waals surface area contributed by atoms with Gasteiger partial charge >= 0.3 is 0 Å². The summed E-state index contributed by atoms with van der Waals surface area (Å²) in [6, 6.07) is 16.0. The van der Waals surface area contributed by atoms with Gasteiger partial charge in [-0.05, 0) is 64.9 Å². The zero-order valence-electron chi connectivity index (χ0n) is 13.1. The molecular formula is C20H25P. The quantitative estimate of drug-likeness (QED) is 0.606. The van der Waals surface area contributed by atoms with Gasteiger partial charge in [0, 0.05) is 0 Å². The minimum Gasteiger partial charge on any atom is -0.0677 e. The van der Waals surface area contributed by atoms with E-state index in [2.05, 4.69) is 56.3 Å². The van der Waals surface area contributed by atoms with Gasteiger partial charge in [-0.2, -0.15) is 0 Å². The fraction of sp³-hybridized carbons (Fsp3) is 0.500. The highest BCUT2D eigenvalue weighted by atomic mass is 31.1. The molecule has 2 aromatic rings. The predicted molar refractivity (Wildman–Crippen MR) is 94.9 cm³/mol. The molecule has 0 spiro atoms. The maximum Gasteiger partial charge on any atom is -0.0107 e. The lowest BCUT2D eigenvalue weighted by Crippen LogP contribution is -2.40. The molecule has 0 aliphatic carbocycles. The van der Waals surface area contributed by atoms with Gasteiger partial charge in [-0.1, -0.05) is 64.2 Å². The van der Waals surface area contributed by atoms with E-state index in [9.17, 15) is 0 Å². The second-order valence-electron chi connectivity index (χ2n) is 7.15. The van der Waals surface area contributed by atoms with Crippen molar-refractivity contribution in [3.05, 3.63) is 42.5 Å². The summed E-state index contributed by atoms with van der Waals surface area (Å²) >= 11 is 0. The van der Waals surface area contributed by atoms with E-state index in [4.69, 9.17) is 0 Å². The Bertz CT molecular complexity index is 624.